The molecule has 0 saturated carbocycles. The Bertz CT molecular complexity index is 3060. The fraction of sp³-hybridized carbons (Fsp3) is 0.207. The van der Waals surface area contributed by atoms with Crippen molar-refractivity contribution < 1.29 is 5.11 Å². The monoisotopic (exact) mass is 809 g/mol. The SMILES string of the molecule is CC(C)(C)c1cc(-c2nccc3ccccc23)cc(-c2cccc3c2nc(-c2cc(C(C)(C)C)cc(C(C)(C)C)c2O)n3-c2c(-c3ccccc3)cccc2-c2ccccc2)c1. The molecule has 1 N–H and O–H groups in total. The summed E-state index contributed by atoms with van der Waals surface area (Å²) in [4.78, 5) is 10.7. The van der Waals surface area contributed by atoms with E-state index in [-0.39, 0.29) is 22.0 Å². The molecule has 7 aromatic carbocycles. The summed E-state index contributed by atoms with van der Waals surface area (Å²) in [5.41, 5.74) is 14.5. The first-order valence-corrected chi connectivity index (χ1v) is 21.7. The van der Waals surface area contributed by atoms with Crippen LogP contribution >= 0.6 is 0 Å². The number of pyridine rings is 1. The van der Waals surface area contributed by atoms with Crippen molar-refractivity contribution in [3.63, 3.8) is 0 Å². The quantitative estimate of drug-likeness (QED) is 0.182. The van der Waals surface area contributed by atoms with Crippen LogP contribution in [0.4, 0.5) is 0 Å². The maximum Gasteiger partial charge on any atom is 0.149 e. The lowest BCUT2D eigenvalue weighted by molar-refractivity contribution is 0.446. The van der Waals surface area contributed by atoms with Gasteiger partial charge in [0.2, 0.25) is 0 Å². The number of phenolic OH excluding ortho intramolecular Hbond substituents is 1. The van der Waals surface area contributed by atoms with Crippen molar-refractivity contribution in [2.45, 2.75) is 78.6 Å². The molecule has 0 unspecified atom stereocenters. The molecule has 62 heavy (non-hydrogen) atoms. The summed E-state index contributed by atoms with van der Waals surface area (Å²) in [5, 5.41) is 14.9. The first-order valence-electron chi connectivity index (χ1n) is 21.7. The van der Waals surface area contributed by atoms with Gasteiger partial charge in [-0.15, -0.1) is 0 Å². The summed E-state index contributed by atoms with van der Waals surface area (Å²) >= 11 is 0. The number of imidazole rings is 1. The molecular formula is C58H55N3O. The molecule has 2 heterocycles. The normalized spacial score (nSPS) is 12.3. The third kappa shape index (κ3) is 7.38. The van der Waals surface area contributed by atoms with Crippen LogP contribution in [0.3, 0.4) is 0 Å². The Balaban J connectivity index is 1.43. The minimum Gasteiger partial charge on any atom is -0.507 e. The highest BCUT2D eigenvalue weighted by Gasteiger charge is 2.30. The van der Waals surface area contributed by atoms with Gasteiger partial charge in [0.15, 0.2) is 0 Å². The number of rotatable bonds is 6. The average molecular weight is 810 g/mol. The summed E-state index contributed by atoms with van der Waals surface area (Å²) in [6, 6.07) is 56.1. The molecule has 9 aromatic rings. The van der Waals surface area contributed by atoms with Crippen LogP contribution in [0.5, 0.6) is 5.75 Å². The Labute approximate surface area is 366 Å². The maximum atomic E-state index is 12.6. The molecule has 4 nitrogen and oxygen atoms in total. The highest BCUT2D eigenvalue weighted by molar-refractivity contribution is 6.01. The van der Waals surface area contributed by atoms with Crippen molar-refractivity contribution >= 4 is 21.8 Å². The zero-order valence-electron chi connectivity index (χ0n) is 37.4. The minimum atomic E-state index is -0.335. The number of aromatic hydroxyl groups is 1. The van der Waals surface area contributed by atoms with Gasteiger partial charge in [-0.05, 0) is 79.8 Å². The standard InChI is InChI=1S/C58H55N3O/c1-56(2,3)42-33-40(32-41(34-42)51-44-25-17-16-24-39(44)30-31-59-51)45-26-19-29-50-52(45)60-55(48-35-43(57(4,5)6)36-49(54(48)62)58(7,8)9)61(50)53-46(37-20-12-10-13-21-37)27-18-28-47(53)38-22-14-11-15-23-38/h10-36,62H,1-9H3. The van der Waals surface area contributed by atoms with Crippen molar-refractivity contribution in [3.8, 4) is 67.5 Å². The van der Waals surface area contributed by atoms with Crippen molar-refractivity contribution in [2.24, 2.45) is 0 Å². The Hall–Kier alpha value is -6.78. The Morgan fingerprint density at radius 2 is 1.03 bits per heavy atom. The number of aromatic nitrogens is 3. The van der Waals surface area contributed by atoms with E-state index in [1.165, 1.54) is 5.56 Å². The van der Waals surface area contributed by atoms with E-state index in [0.717, 1.165) is 83.3 Å². The van der Waals surface area contributed by atoms with Gasteiger partial charge in [0.1, 0.15) is 11.6 Å². The van der Waals surface area contributed by atoms with E-state index >= 15 is 0 Å². The fourth-order valence-corrected chi connectivity index (χ4v) is 8.74. The number of fused-ring (bicyclic) bond motifs is 2. The third-order valence-electron chi connectivity index (χ3n) is 12.2. The van der Waals surface area contributed by atoms with E-state index in [1.54, 1.807) is 0 Å². The van der Waals surface area contributed by atoms with Gasteiger partial charge in [-0.2, -0.15) is 0 Å². The van der Waals surface area contributed by atoms with Gasteiger partial charge in [-0.3, -0.25) is 9.55 Å². The van der Waals surface area contributed by atoms with E-state index in [9.17, 15) is 5.11 Å². The van der Waals surface area contributed by atoms with E-state index in [0.29, 0.717) is 11.4 Å². The molecular weight excluding hydrogens is 755 g/mol. The molecule has 4 heteroatoms. The van der Waals surface area contributed by atoms with Crippen LogP contribution in [0.25, 0.3) is 83.5 Å². The number of nitrogens with zero attached hydrogens (tertiary/aromatic N) is 3. The topological polar surface area (TPSA) is 50.9 Å². The summed E-state index contributed by atoms with van der Waals surface area (Å²) in [5.74, 6) is 0.936. The van der Waals surface area contributed by atoms with Gasteiger partial charge in [0, 0.05) is 39.4 Å². The van der Waals surface area contributed by atoms with E-state index < -0.39 is 0 Å². The summed E-state index contributed by atoms with van der Waals surface area (Å²) < 4.78 is 2.32. The minimum absolute atomic E-state index is 0.143. The number of benzene rings is 7. The number of phenols is 1. The Morgan fingerprint density at radius 3 is 1.66 bits per heavy atom. The van der Waals surface area contributed by atoms with Gasteiger partial charge in [0.25, 0.3) is 0 Å². The van der Waals surface area contributed by atoms with Gasteiger partial charge >= 0.3 is 0 Å². The predicted octanol–water partition coefficient (Wildman–Crippen LogP) is 15.5. The molecule has 308 valence electrons. The van der Waals surface area contributed by atoms with E-state index in [1.807, 2.05) is 6.20 Å². The number of hydrogen-bond acceptors (Lipinski definition) is 3. The smallest absolute Gasteiger partial charge is 0.149 e. The highest BCUT2D eigenvalue weighted by Crippen LogP contribution is 2.47. The molecule has 0 atom stereocenters. The van der Waals surface area contributed by atoms with Crippen molar-refractivity contribution in [1.29, 1.82) is 0 Å². The van der Waals surface area contributed by atoms with Gasteiger partial charge in [-0.1, -0.05) is 190 Å². The molecule has 0 radical (unpaired) electrons. The lowest BCUT2D eigenvalue weighted by Crippen LogP contribution is -2.17. The lowest BCUT2D eigenvalue weighted by Gasteiger charge is -2.28. The molecule has 0 bridgehead atoms. The van der Waals surface area contributed by atoms with Gasteiger partial charge in [-0.25, -0.2) is 4.98 Å². The molecule has 0 amide bonds. The van der Waals surface area contributed by atoms with Crippen LogP contribution in [-0.4, -0.2) is 19.6 Å². The number of hydrogen-bond donors (Lipinski definition) is 1. The summed E-state index contributed by atoms with van der Waals surface area (Å²) in [7, 11) is 0. The zero-order valence-corrected chi connectivity index (χ0v) is 37.4. The molecule has 0 aliphatic carbocycles. The van der Waals surface area contributed by atoms with Crippen LogP contribution in [-0.2, 0) is 16.2 Å². The van der Waals surface area contributed by atoms with Crippen LogP contribution in [0.1, 0.15) is 79.0 Å². The maximum absolute atomic E-state index is 12.6. The van der Waals surface area contributed by atoms with E-state index in [2.05, 4.69) is 225 Å². The van der Waals surface area contributed by atoms with Crippen LogP contribution in [0.15, 0.2) is 164 Å². The molecule has 0 spiro atoms. The Morgan fingerprint density at radius 1 is 0.468 bits per heavy atom. The van der Waals surface area contributed by atoms with E-state index in [4.69, 9.17) is 9.97 Å². The summed E-state index contributed by atoms with van der Waals surface area (Å²) in [6.07, 6.45) is 1.91. The van der Waals surface area contributed by atoms with Gasteiger partial charge < -0.3 is 5.11 Å². The highest BCUT2D eigenvalue weighted by atomic mass is 16.3. The average Bonchev–Trinajstić information content (AvgIpc) is 3.64. The second-order valence-electron chi connectivity index (χ2n) is 19.7. The fourth-order valence-electron chi connectivity index (χ4n) is 8.74. The first kappa shape index (κ1) is 40.6. The number of para-hydroxylation sites is 2. The van der Waals surface area contributed by atoms with Crippen molar-refractivity contribution in [2.75, 3.05) is 0 Å². The lowest BCUT2D eigenvalue weighted by atomic mass is 9.79. The van der Waals surface area contributed by atoms with Crippen molar-refractivity contribution in [1.82, 2.24) is 14.5 Å². The van der Waals surface area contributed by atoms with Crippen LogP contribution < -0.4 is 0 Å². The summed E-state index contributed by atoms with van der Waals surface area (Å²) in [6.45, 7) is 20.0. The predicted molar refractivity (Wildman–Crippen MR) is 261 cm³/mol. The largest absolute Gasteiger partial charge is 0.507 e. The molecule has 0 saturated heterocycles. The van der Waals surface area contributed by atoms with Gasteiger partial charge in [0.05, 0.1) is 28.0 Å². The molecule has 2 aromatic heterocycles. The van der Waals surface area contributed by atoms with Crippen LogP contribution in [0.2, 0.25) is 0 Å². The molecule has 0 aliphatic heterocycles. The Kier molecular flexibility index (Phi) is 10.0. The zero-order chi connectivity index (χ0) is 43.6. The second-order valence-corrected chi connectivity index (χ2v) is 19.7. The second kappa shape index (κ2) is 15.3. The first-order chi connectivity index (χ1) is 29.6. The molecule has 0 fully saturated rings. The third-order valence-corrected chi connectivity index (χ3v) is 12.2. The molecule has 0 aliphatic rings. The molecule has 9 rings (SSSR count). The van der Waals surface area contributed by atoms with Crippen molar-refractivity contribution in [3.05, 3.63) is 181 Å². The van der Waals surface area contributed by atoms with Crippen LogP contribution in [0, 0.1) is 0 Å².